The van der Waals surface area contributed by atoms with Gasteiger partial charge in [0.15, 0.2) is 6.61 Å². The van der Waals surface area contributed by atoms with E-state index in [2.05, 4.69) is 26.8 Å². The second-order valence-electron chi connectivity index (χ2n) is 7.68. The Bertz CT molecular complexity index is 522. The molecule has 2 N–H and O–H groups in total. The van der Waals surface area contributed by atoms with Crippen LogP contribution in [0.25, 0.3) is 0 Å². The smallest absolute Gasteiger partial charge is 0.306 e. The van der Waals surface area contributed by atoms with Gasteiger partial charge >= 0.3 is 5.97 Å². The third kappa shape index (κ3) is 3.87. The number of carbonyl (C=O) groups is 3. The molecular weight excluding hydrogens is 364 g/mol. The lowest BCUT2D eigenvalue weighted by Crippen LogP contribution is -2.53. The zero-order chi connectivity index (χ0) is 16.7. The number of ether oxygens (including phenoxy) is 1. The van der Waals surface area contributed by atoms with Crippen molar-refractivity contribution in [2.45, 2.75) is 56.2 Å². The van der Waals surface area contributed by atoms with E-state index in [1.807, 2.05) is 0 Å². The molecule has 4 rings (SSSR count). The minimum atomic E-state index is -0.531. The van der Waals surface area contributed by atoms with Crippen molar-refractivity contribution in [1.82, 2.24) is 10.9 Å². The van der Waals surface area contributed by atoms with Crippen molar-refractivity contribution < 1.29 is 19.1 Å². The number of alkyl halides is 1. The van der Waals surface area contributed by atoms with Gasteiger partial charge in [-0.2, -0.15) is 0 Å². The van der Waals surface area contributed by atoms with Crippen molar-refractivity contribution >= 4 is 33.7 Å². The Morgan fingerprint density at radius 2 is 1.78 bits per heavy atom. The summed E-state index contributed by atoms with van der Waals surface area (Å²) in [5.41, 5.74) is 4.38. The first-order valence-electron chi connectivity index (χ1n) is 8.18. The van der Waals surface area contributed by atoms with Crippen molar-refractivity contribution in [2.24, 2.45) is 17.3 Å². The maximum absolute atomic E-state index is 12.2. The second kappa shape index (κ2) is 6.07. The zero-order valence-electron chi connectivity index (χ0n) is 13.3. The van der Waals surface area contributed by atoms with E-state index in [9.17, 15) is 14.4 Å². The van der Waals surface area contributed by atoms with Crippen molar-refractivity contribution in [3.8, 4) is 0 Å². The lowest BCUT2D eigenvalue weighted by atomic mass is 9.49. The highest BCUT2D eigenvalue weighted by atomic mass is 79.9. The van der Waals surface area contributed by atoms with Gasteiger partial charge in [0.1, 0.15) is 0 Å². The summed E-state index contributed by atoms with van der Waals surface area (Å²) in [6.45, 7) is 0.928. The summed E-state index contributed by atoms with van der Waals surface area (Å²) in [5.74, 6) is 0.205. The van der Waals surface area contributed by atoms with Crippen LogP contribution in [0, 0.1) is 17.3 Å². The minimum Gasteiger partial charge on any atom is -0.455 e. The number of halogens is 1. The molecular formula is C16H23BrN2O4. The molecule has 0 radical (unpaired) electrons. The SMILES string of the molecule is CC(=O)NNC(=O)COC(=O)CC12C[C@@H]3C[C@@H](CC(Br)(C3)C1)C2. The summed E-state index contributed by atoms with van der Waals surface area (Å²) in [4.78, 5) is 34.3. The lowest BCUT2D eigenvalue weighted by Gasteiger charge is -2.60. The highest BCUT2D eigenvalue weighted by molar-refractivity contribution is 9.10. The molecule has 4 saturated carbocycles. The molecule has 4 bridgehead atoms. The van der Waals surface area contributed by atoms with Gasteiger partial charge in [-0.15, -0.1) is 0 Å². The highest BCUT2D eigenvalue weighted by Crippen LogP contribution is 2.65. The Balaban J connectivity index is 1.50. The van der Waals surface area contributed by atoms with Crippen LogP contribution in [-0.2, 0) is 19.1 Å². The van der Waals surface area contributed by atoms with E-state index in [1.165, 1.54) is 26.2 Å². The fraction of sp³-hybridized carbons (Fsp3) is 0.812. The number of amides is 2. The summed E-state index contributed by atoms with van der Waals surface area (Å²) in [7, 11) is 0. The Labute approximate surface area is 144 Å². The largest absolute Gasteiger partial charge is 0.455 e. The van der Waals surface area contributed by atoms with E-state index < -0.39 is 5.91 Å². The number of esters is 1. The van der Waals surface area contributed by atoms with Gasteiger partial charge in [-0.05, 0) is 55.8 Å². The quantitative estimate of drug-likeness (QED) is 0.438. The van der Waals surface area contributed by atoms with Crippen LogP contribution in [0.2, 0.25) is 0 Å². The molecule has 0 heterocycles. The van der Waals surface area contributed by atoms with Crippen molar-refractivity contribution in [3.63, 3.8) is 0 Å². The normalized spacial score (nSPS) is 37.3. The van der Waals surface area contributed by atoms with Crippen LogP contribution in [0.3, 0.4) is 0 Å². The van der Waals surface area contributed by atoms with Gasteiger partial charge in [-0.1, -0.05) is 15.9 Å². The third-order valence-corrected chi connectivity index (χ3v) is 6.30. The van der Waals surface area contributed by atoms with Crippen molar-refractivity contribution in [2.75, 3.05) is 6.61 Å². The monoisotopic (exact) mass is 386 g/mol. The van der Waals surface area contributed by atoms with E-state index in [4.69, 9.17) is 4.74 Å². The molecule has 4 atom stereocenters. The Kier molecular flexibility index (Phi) is 4.42. The van der Waals surface area contributed by atoms with E-state index in [0.29, 0.717) is 18.3 Å². The van der Waals surface area contributed by atoms with Crippen LogP contribution in [-0.4, -0.2) is 28.7 Å². The molecule has 23 heavy (non-hydrogen) atoms. The van der Waals surface area contributed by atoms with Crippen LogP contribution in [0.4, 0.5) is 0 Å². The molecule has 0 aliphatic heterocycles. The number of carbonyl (C=O) groups excluding carboxylic acids is 3. The van der Waals surface area contributed by atoms with Crippen LogP contribution in [0.1, 0.15) is 51.9 Å². The summed E-state index contributed by atoms with van der Waals surface area (Å²) >= 11 is 3.92. The average molecular weight is 387 g/mol. The maximum Gasteiger partial charge on any atom is 0.306 e. The first-order valence-corrected chi connectivity index (χ1v) is 8.97. The van der Waals surface area contributed by atoms with Crippen LogP contribution in [0.15, 0.2) is 0 Å². The molecule has 7 heteroatoms. The van der Waals surface area contributed by atoms with Gasteiger partial charge in [-0.25, -0.2) is 0 Å². The number of hydrazine groups is 1. The number of rotatable bonds is 4. The van der Waals surface area contributed by atoms with E-state index in [1.54, 1.807) is 0 Å². The topological polar surface area (TPSA) is 84.5 Å². The Hall–Kier alpha value is -1.11. The first kappa shape index (κ1) is 16.7. The molecule has 0 aromatic carbocycles. The average Bonchev–Trinajstić information content (AvgIpc) is 2.39. The van der Waals surface area contributed by atoms with E-state index in [0.717, 1.165) is 19.3 Å². The van der Waals surface area contributed by atoms with Crippen LogP contribution in [0.5, 0.6) is 0 Å². The molecule has 4 aliphatic rings. The molecule has 6 nitrogen and oxygen atoms in total. The fourth-order valence-electron chi connectivity index (χ4n) is 5.24. The summed E-state index contributed by atoms with van der Waals surface area (Å²) < 4.78 is 5.30. The van der Waals surface area contributed by atoms with Crippen molar-refractivity contribution in [3.05, 3.63) is 0 Å². The molecule has 2 amide bonds. The number of hydrogen-bond donors (Lipinski definition) is 2. The Morgan fingerprint density at radius 1 is 1.13 bits per heavy atom. The first-order chi connectivity index (χ1) is 10.8. The summed E-state index contributed by atoms with van der Waals surface area (Å²) in [5, 5.41) is 0. The molecule has 0 aromatic heterocycles. The van der Waals surface area contributed by atoms with Gasteiger partial charge in [0.25, 0.3) is 5.91 Å². The van der Waals surface area contributed by atoms with Gasteiger partial charge in [0.2, 0.25) is 5.91 Å². The van der Waals surface area contributed by atoms with Gasteiger partial charge in [0.05, 0.1) is 6.42 Å². The molecule has 128 valence electrons. The third-order valence-electron chi connectivity index (χ3n) is 5.37. The standard InChI is InChI=1S/C16H23BrN2O4/c1-10(20)18-19-13(21)8-23-14(22)7-15-3-11-2-12(4-15)6-16(17,5-11)9-15/h11-12H,2-9H2,1H3,(H,18,20)(H,19,21)/t11-,12+,15?,16?. The molecule has 4 aliphatic carbocycles. The summed E-state index contributed by atoms with van der Waals surface area (Å²) in [6.07, 6.45) is 7.36. The molecule has 4 fully saturated rings. The van der Waals surface area contributed by atoms with Crippen LogP contribution >= 0.6 is 15.9 Å². The zero-order valence-corrected chi connectivity index (χ0v) is 14.9. The minimum absolute atomic E-state index is 0.0405. The predicted molar refractivity (Wildman–Crippen MR) is 86.3 cm³/mol. The Morgan fingerprint density at radius 3 is 2.35 bits per heavy atom. The van der Waals surface area contributed by atoms with E-state index in [-0.39, 0.29) is 28.2 Å². The molecule has 0 aromatic rings. The second-order valence-corrected chi connectivity index (χ2v) is 9.36. The van der Waals surface area contributed by atoms with Crippen molar-refractivity contribution in [1.29, 1.82) is 0 Å². The number of nitrogens with one attached hydrogen (secondary N) is 2. The predicted octanol–water partition coefficient (Wildman–Crippen LogP) is 1.82. The van der Waals surface area contributed by atoms with Gasteiger partial charge < -0.3 is 4.74 Å². The van der Waals surface area contributed by atoms with Crippen LogP contribution < -0.4 is 10.9 Å². The highest BCUT2D eigenvalue weighted by Gasteiger charge is 2.57. The van der Waals surface area contributed by atoms with E-state index >= 15 is 0 Å². The molecule has 0 spiro atoms. The lowest BCUT2D eigenvalue weighted by molar-refractivity contribution is -0.155. The molecule has 2 unspecified atom stereocenters. The number of hydrogen-bond acceptors (Lipinski definition) is 4. The molecule has 0 saturated heterocycles. The fourth-order valence-corrected chi connectivity index (χ4v) is 6.75. The van der Waals surface area contributed by atoms with Gasteiger partial charge in [0, 0.05) is 11.2 Å². The van der Waals surface area contributed by atoms with Gasteiger partial charge in [-0.3, -0.25) is 25.2 Å². The summed E-state index contributed by atoms with van der Waals surface area (Å²) in [6, 6.07) is 0. The maximum atomic E-state index is 12.2.